The molecule has 3 amide bonds. The molecule has 2 aromatic carbocycles. The third-order valence-electron chi connectivity index (χ3n) is 6.74. The summed E-state index contributed by atoms with van der Waals surface area (Å²) >= 11 is 0. The maximum Gasteiger partial charge on any atom is 0.257 e. The molecule has 1 atom stereocenters. The molecule has 0 saturated carbocycles. The number of rotatable bonds is 5. The van der Waals surface area contributed by atoms with Crippen LogP contribution in [0.15, 0.2) is 48.5 Å². The summed E-state index contributed by atoms with van der Waals surface area (Å²) in [4.78, 5) is 43.4. The van der Waals surface area contributed by atoms with E-state index in [-0.39, 0.29) is 30.4 Å². The summed E-state index contributed by atoms with van der Waals surface area (Å²) in [5.41, 5.74) is 1.00. The van der Waals surface area contributed by atoms with Gasteiger partial charge in [-0.05, 0) is 50.6 Å². The summed E-state index contributed by atoms with van der Waals surface area (Å²) in [6.45, 7) is 6.60. The number of hydrogen-bond acceptors (Lipinski definition) is 5. The molecule has 0 aromatic heterocycles. The largest absolute Gasteiger partial charge is 0.497 e. The van der Waals surface area contributed by atoms with E-state index < -0.39 is 11.8 Å². The van der Waals surface area contributed by atoms with Crippen LogP contribution in [-0.2, 0) is 9.53 Å². The van der Waals surface area contributed by atoms with Crippen LogP contribution in [0, 0.1) is 6.92 Å². The third kappa shape index (κ3) is 4.89. The molecule has 0 aliphatic carbocycles. The lowest BCUT2D eigenvalue weighted by Crippen LogP contribution is -2.60. The average Bonchev–Trinajstić information content (AvgIpc) is 3.22. The molecular formula is C27H33N3O5. The van der Waals surface area contributed by atoms with Gasteiger partial charge in [-0.1, -0.05) is 24.3 Å². The van der Waals surface area contributed by atoms with E-state index in [0.29, 0.717) is 42.8 Å². The van der Waals surface area contributed by atoms with Crippen molar-refractivity contribution in [2.45, 2.75) is 51.4 Å². The molecule has 1 spiro atoms. The molecule has 1 unspecified atom stereocenters. The van der Waals surface area contributed by atoms with E-state index in [0.717, 1.165) is 5.56 Å². The fourth-order valence-corrected chi connectivity index (χ4v) is 4.89. The molecule has 2 aromatic rings. The Labute approximate surface area is 206 Å². The lowest BCUT2D eigenvalue weighted by Gasteiger charge is -2.44. The highest BCUT2D eigenvalue weighted by Crippen LogP contribution is 2.39. The SMILES string of the molecule is COc1cccc(C(=O)N2CCC3(CC2)OCC(C(=O)NC(C)C)N3C(=O)c2ccccc2C)c1. The first-order valence-corrected chi connectivity index (χ1v) is 12.0. The number of likely N-dealkylation sites (tertiary alicyclic amines) is 1. The second kappa shape index (κ2) is 10.1. The van der Waals surface area contributed by atoms with Gasteiger partial charge in [0, 0.05) is 43.1 Å². The molecule has 186 valence electrons. The lowest BCUT2D eigenvalue weighted by atomic mass is 9.95. The van der Waals surface area contributed by atoms with Crippen LogP contribution >= 0.6 is 0 Å². The number of amides is 3. The molecule has 2 saturated heterocycles. The molecule has 2 heterocycles. The van der Waals surface area contributed by atoms with Gasteiger partial charge in [-0.25, -0.2) is 0 Å². The number of piperidine rings is 1. The van der Waals surface area contributed by atoms with Crippen LogP contribution in [0.4, 0.5) is 0 Å². The molecule has 35 heavy (non-hydrogen) atoms. The average molecular weight is 480 g/mol. The predicted molar refractivity (Wildman–Crippen MR) is 131 cm³/mol. The van der Waals surface area contributed by atoms with Crippen LogP contribution in [0.2, 0.25) is 0 Å². The minimum Gasteiger partial charge on any atom is -0.497 e. The van der Waals surface area contributed by atoms with Gasteiger partial charge in [0.2, 0.25) is 5.91 Å². The number of ether oxygens (including phenoxy) is 2. The summed E-state index contributed by atoms with van der Waals surface area (Å²) in [6.07, 6.45) is 0.845. The van der Waals surface area contributed by atoms with Gasteiger partial charge >= 0.3 is 0 Å². The number of aryl methyl sites for hydroxylation is 1. The van der Waals surface area contributed by atoms with Crippen molar-refractivity contribution in [1.29, 1.82) is 0 Å². The first-order chi connectivity index (χ1) is 16.8. The van der Waals surface area contributed by atoms with Crippen LogP contribution in [0.25, 0.3) is 0 Å². The molecule has 2 fully saturated rings. The molecule has 2 aliphatic rings. The lowest BCUT2D eigenvalue weighted by molar-refractivity contribution is -0.128. The molecule has 4 rings (SSSR count). The summed E-state index contributed by atoms with van der Waals surface area (Å²) in [5, 5.41) is 2.93. The predicted octanol–water partition coefficient (Wildman–Crippen LogP) is 3.00. The maximum atomic E-state index is 13.8. The van der Waals surface area contributed by atoms with Gasteiger partial charge in [0.1, 0.15) is 17.5 Å². The highest BCUT2D eigenvalue weighted by atomic mass is 16.5. The molecule has 8 nitrogen and oxygen atoms in total. The zero-order chi connectivity index (χ0) is 25.2. The van der Waals surface area contributed by atoms with E-state index in [9.17, 15) is 14.4 Å². The number of carbonyl (C=O) groups excluding carboxylic acids is 3. The number of hydrogen-bond donors (Lipinski definition) is 1. The number of benzene rings is 2. The third-order valence-corrected chi connectivity index (χ3v) is 6.74. The van der Waals surface area contributed by atoms with Crippen LogP contribution < -0.4 is 10.1 Å². The molecule has 8 heteroatoms. The minimum atomic E-state index is -0.941. The van der Waals surface area contributed by atoms with Gasteiger partial charge in [-0.15, -0.1) is 0 Å². The smallest absolute Gasteiger partial charge is 0.257 e. The van der Waals surface area contributed by atoms with Crippen molar-refractivity contribution in [3.8, 4) is 5.75 Å². The Bertz CT molecular complexity index is 1110. The quantitative estimate of drug-likeness (QED) is 0.712. The van der Waals surface area contributed by atoms with Gasteiger partial charge in [-0.2, -0.15) is 0 Å². The van der Waals surface area contributed by atoms with Crippen LogP contribution in [0.1, 0.15) is 53.0 Å². The van der Waals surface area contributed by atoms with Crippen molar-refractivity contribution in [1.82, 2.24) is 15.1 Å². The van der Waals surface area contributed by atoms with E-state index in [1.807, 2.05) is 39.0 Å². The minimum absolute atomic E-state index is 0.0585. The van der Waals surface area contributed by atoms with Crippen molar-refractivity contribution in [3.63, 3.8) is 0 Å². The standard InChI is InChI=1S/C27H33N3O5/c1-18(2)28-24(31)23-17-35-27(30(23)26(33)22-11-6-5-8-19(22)3)12-14-29(15-13-27)25(32)20-9-7-10-21(16-20)34-4/h5-11,16,18,23H,12-15,17H2,1-4H3,(H,28,31). The summed E-state index contributed by atoms with van der Waals surface area (Å²) in [7, 11) is 1.57. The van der Waals surface area contributed by atoms with E-state index in [4.69, 9.17) is 9.47 Å². The molecule has 0 radical (unpaired) electrons. The van der Waals surface area contributed by atoms with E-state index >= 15 is 0 Å². The topological polar surface area (TPSA) is 88.2 Å². The molecule has 0 bridgehead atoms. The molecule has 2 aliphatic heterocycles. The van der Waals surface area contributed by atoms with Gasteiger partial charge in [0.15, 0.2) is 0 Å². The Morgan fingerprint density at radius 3 is 2.43 bits per heavy atom. The van der Waals surface area contributed by atoms with E-state index in [1.54, 1.807) is 47.2 Å². The Hall–Kier alpha value is -3.39. The molecular weight excluding hydrogens is 446 g/mol. The zero-order valence-corrected chi connectivity index (χ0v) is 20.7. The monoisotopic (exact) mass is 479 g/mol. The summed E-state index contributed by atoms with van der Waals surface area (Å²) in [6, 6.07) is 13.7. The highest BCUT2D eigenvalue weighted by molar-refractivity contribution is 5.99. The summed E-state index contributed by atoms with van der Waals surface area (Å²) in [5.74, 6) is 0.0749. The fraction of sp³-hybridized carbons (Fsp3) is 0.444. The van der Waals surface area contributed by atoms with Crippen LogP contribution in [0.5, 0.6) is 5.75 Å². The van der Waals surface area contributed by atoms with E-state index in [2.05, 4.69) is 5.32 Å². The van der Waals surface area contributed by atoms with E-state index in [1.165, 1.54) is 0 Å². The Balaban J connectivity index is 1.58. The van der Waals surface area contributed by atoms with Crippen molar-refractivity contribution in [3.05, 3.63) is 65.2 Å². The van der Waals surface area contributed by atoms with Crippen LogP contribution in [-0.4, -0.2) is 72.1 Å². The number of nitrogens with one attached hydrogen (secondary N) is 1. The van der Waals surface area contributed by atoms with Crippen molar-refractivity contribution < 1.29 is 23.9 Å². The zero-order valence-electron chi connectivity index (χ0n) is 20.7. The van der Waals surface area contributed by atoms with Crippen molar-refractivity contribution >= 4 is 17.7 Å². The number of nitrogens with zero attached hydrogens (tertiary/aromatic N) is 2. The van der Waals surface area contributed by atoms with Crippen molar-refractivity contribution in [2.75, 3.05) is 26.8 Å². The highest BCUT2D eigenvalue weighted by Gasteiger charge is 2.54. The second-order valence-corrected chi connectivity index (χ2v) is 9.45. The van der Waals surface area contributed by atoms with Gasteiger partial charge in [0.25, 0.3) is 11.8 Å². The molecule has 1 N–H and O–H groups in total. The Morgan fingerprint density at radius 2 is 1.77 bits per heavy atom. The van der Waals surface area contributed by atoms with Gasteiger partial charge in [-0.3, -0.25) is 19.3 Å². The fourth-order valence-electron chi connectivity index (χ4n) is 4.89. The van der Waals surface area contributed by atoms with Crippen LogP contribution in [0.3, 0.4) is 0 Å². The van der Waals surface area contributed by atoms with Crippen molar-refractivity contribution in [2.24, 2.45) is 0 Å². The summed E-state index contributed by atoms with van der Waals surface area (Å²) < 4.78 is 11.5. The van der Waals surface area contributed by atoms with Gasteiger partial charge in [0.05, 0.1) is 13.7 Å². The second-order valence-electron chi connectivity index (χ2n) is 9.45. The first kappa shape index (κ1) is 24.7. The Morgan fingerprint density at radius 1 is 1.06 bits per heavy atom. The first-order valence-electron chi connectivity index (χ1n) is 12.0. The van der Waals surface area contributed by atoms with Gasteiger partial charge < -0.3 is 19.7 Å². The Kier molecular flexibility index (Phi) is 7.12. The number of carbonyl (C=O) groups is 3. The number of methoxy groups -OCH3 is 1. The maximum absolute atomic E-state index is 13.8. The normalized spacial score (nSPS) is 19.2.